The van der Waals surface area contributed by atoms with Crippen molar-refractivity contribution in [1.82, 2.24) is 29.9 Å². The van der Waals surface area contributed by atoms with E-state index in [0.29, 0.717) is 39.1 Å². The van der Waals surface area contributed by atoms with E-state index in [9.17, 15) is 8.78 Å². The molecule has 4 aromatic rings. The first-order valence-electron chi connectivity index (χ1n) is 11.6. The third-order valence-electron chi connectivity index (χ3n) is 6.25. The molecule has 0 spiro atoms. The summed E-state index contributed by atoms with van der Waals surface area (Å²) in [6.07, 6.45) is 3.08. The summed E-state index contributed by atoms with van der Waals surface area (Å²) in [5, 5.41) is 9.63. The van der Waals surface area contributed by atoms with E-state index in [1.165, 1.54) is 0 Å². The molecule has 0 amide bonds. The summed E-state index contributed by atoms with van der Waals surface area (Å²) < 4.78 is 38.2. The van der Waals surface area contributed by atoms with Crippen LogP contribution >= 0.6 is 0 Å². The summed E-state index contributed by atoms with van der Waals surface area (Å²) in [6, 6.07) is 5.37. The zero-order valence-electron chi connectivity index (χ0n) is 19.6. The molecule has 1 aliphatic carbocycles. The molecule has 3 heterocycles. The van der Waals surface area contributed by atoms with Gasteiger partial charge in [0, 0.05) is 24.9 Å². The average Bonchev–Trinajstić information content (AvgIpc) is 3.42. The van der Waals surface area contributed by atoms with E-state index in [0.717, 1.165) is 30.4 Å². The van der Waals surface area contributed by atoms with Gasteiger partial charge in [-0.05, 0) is 48.7 Å². The van der Waals surface area contributed by atoms with Crippen LogP contribution in [0, 0.1) is 0 Å². The van der Waals surface area contributed by atoms with Crippen molar-refractivity contribution in [2.24, 2.45) is 0 Å². The minimum atomic E-state index is -2.57. The van der Waals surface area contributed by atoms with Crippen LogP contribution in [0.2, 0.25) is 0 Å². The van der Waals surface area contributed by atoms with E-state index in [1.54, 1.807) is 31.5 Å². The number of ether oxygens (including phenoxy) is 2. The molecule has 1 aromatic carbocycles. The largest absolute Gasteiger partial charge is 0.500 e. The van der Waals surface area contributed by atoms with Crippen LogP contribution < -0.4 is 10.1 Å². The molecule has 6 radical (unpaired) electrons. The second-order valence-electron chi connectivity index (χ2n) is 8.95. The summed E-state index contributed by atoms with van der Waals surface area (Å²) >= 11 is 0. The Bertz CT molecular complexity index is 1370. The van der Waals surface area contributed by atoms with Gasteiger partial charge in [0.1, 0.15) is 41.2 Å². The first-order chi connectivity index (χ1) is 17.2. The summed E-state index contributed by atoms with van der Waals surface area (Å²) in [6.45, 7) is -0.567. The first-order valence-corrected chi connectivity index (χ1v) is 11.6. The number of alkyl halides is 2. The van der Waals surface area contributed by atoms with Crippen molar-refractivity contribution < 1.29 is 18.3 Å². The number of hydrogen-bond donors (Lipinski definition) is 2. The maximum absolute atomic E-state index is 13.0. The number of aromatic amines is 1. The Morgan fingerprint density at radius 3 is 2.67 bits per heavy atom. The third kappa shape index (κ3) is 5.18. The van der Waals surface area contributed by atoms with Crippen molar-refractivity contribution in [3.8, 4) is 17.0 Å². The van der Waals surface area contributed by atoms with Crippen molar-refractivity contribution in [3.05, 3.63) is 24.4 Å². The molecule has 0 saturated heterocycles. The van der Waals surface area contributed by atoms with Gasteiger partial charge < -0.3 is 19.8 Å². The van der Waals surface area contributed by atoms with Crippen molar-refractivity contribution >= 4 is 51.6 Å². The highest BCUT2D eigenvalue weighted by molar-refractivity contribution is 6.58. The third-order valence-corrected chi connectivity index (χ3v) is 6.25. The Balaban J connectivity index is 1.53. The lowest BCUT2D eigenvalue weighted by molar-refractivity contribution is 0.0681. The standard InChI is InChI=1S/C22H22B3F2N7O2/c1-35-13-5-3-12(4-6-13)29-21-30-19-18(20(31-21)36-22(23,24)25)14(9-28-19)11-2-7-15-16(8-11)34(33-32-15)10-17(26)27/h2,7-9,12-13,17H,3-6,10H2,1H3,(H2,28,29,30,31). The SMILES string of the molecule is [B]C([B])([B])Oc1nc(NC2CCC(OC)CC2)nc2[nH]cc(-c3ccc4nnn(CC(F)F)c4c3)c12. The van der Waals surface area contributed by atoms with Gasteiger partial charge in [0.15, 0.2) is 0 Å². The van der Waals surface area contributed by atoms with Crippen LogP contribution in [-0.4, -0.2) is 84.5 Å². The molecule has 14 heteroatoms. The molecule has 1 fully saturated rings. The van der Waals surface area contributed by atoms with Gasteiger partial charge in [0.05, 0.1) is 17.0 Å². The monoisotopic (exact) mass is 487 g/mol. The Hall–Kier alpha value is -3.15. The fraction of sp³-hybridized carbons (Fsp3) is 0.455. The van der Waals surface area contributed by atoms with Crippen LogP contribution in [0.1, 0.15) is 25.7 Å². The number of fused-ring (bicyclic) bond motifs is 2. The predicted octanol–water partition coefficient (Wildman–Crippen LogP) is 2.50. The molecule has 2 N–H and O–H groups in total. The molecule has 9 nitrogen and oxygen atoms in total. The van der Waals surface area contributed by atoms with Gasteiger partial charge in [-0.3, -0.25) is 0 Å². The molecule has 0 unspecified atom stereocenters. The number of rotatable bonds is 8. The number of halogens is 2. The van der Waals surface area contributed by atoms with E-state index in [-0.39, 0.29) is 18.0 Å². The number of aromatic nitrogens is 6. The van der Waals surface area contributed by atoms with Gasteiger partial charge in [-0.1, -0.05) is 11.3 Å². The molecule has 0 bridgehead atoms. The van der Waals surface area contributed by atoms with Crippen molar-refractivity contribution in [2.75, 3.05) is 12.4 Å². The van der Waals surface area contributed by atoms with Gasteiger partial charge in [-0.15, -0.1) is 5.10 Å². The topological polar surface area (TPSA) is 103 Å². The van der Waals surface area contributed by atoms with Gasteiger partial charge in [0.25, 0.3) is 6.43 Å². The van der Waals surface area contributed by atoms with Crippen LogP contribution in [-0.2, 0) is 11.3 Å². The van der Waals surface area contributed by atoms with Crippen LogP contribution in [0.3, 0.4) is 0 Å². The second-order valence-corrected chi connectivity index (χ2v) is 8.95. The highest BCUT2D eigenvalue weighted by Gasteiger charge is 2.24. The number of methoxy groups -OCH3 is 1. The highest BCUT2D eigenvalue weighted by Crippen LogP contribution is 2.36. The lowest BCUT2D eigenvalue weighted by Gasteiger charge is -2.28. The first kappa shape index (κ1) is 24.5. The normalized spacial score (nSPS) is 18.8. The van der Waals surface area contributed by atoms with Crippen molar-refractivity contribution in [2.45, 2.75) is 56.1 Å². The Morgan fingerprint density at radius 1 is 1.19 bits per heavy atom. The van der Waals surface area contributed by atoms with E-state index < -0.39 is 18.3 Å². The molecule has 1 aliphatic rings. The molecule has 5 rings (SSSR count). The van der Waals surface area contributed by atoms with Gasteiger partial charge in [-0.2, -0.15) is 9.97 Å². The Labute approximate surface area is 210 Å². The van der Waals surface area contributed by atoms with Gasteiger partial charge >= 0.3 is 0 Å². The van der Waals surface area contributed by atoms with Gasteiger partial charge in [-0.25, -0.2) is 13.5 Å². The minimum Gasteiger partial charge on any atom is -0.500 e. The number of nitrogens with zero attached hydrogens (tertiary/aromatic N) is 5. The average molecular weight is 487 g/mol. The molecule has 180 valence electrons. The summed E-state index contributed by atoms with van der Waals surface area (Å²) in [5.41, 5.74) is 2.73. The van der Waals surface area contributed by atoms with Crippen LogP contribution in [0.25, 0.3) is 33.2 Å². The number of nitrogens with one attached hydrogen (secondary N) is 2. The zero-order chi connectivity index (χ0) is 25.4. The Kier molecular flexibility index (Phi) is 6.63. The van der Waals surface area contributed by atoms with Crippen LogP contribution in [0.15, 0.2) is 24.4 Å². The maximum Gasteiger partial charge on any atom is 0.258 e. The fourth-order valence-corrected chi connectivity index (χ4v) is 4.56. The lowest BCUT2D eigenvalue weighted by atomic mass is 9.52. The number of hydrogen-bond acceptors (Lipinski definition) is 7. The summed E-state index contributed by atoms with van der Waals surface area (Å²) in [7, 11) is 19.0. The van der Waals surface area contributed by atoms with Crippen molar-refractivity contribution in [1.29, 1.82) is 0 Å². The van der Waals surface area contributed by atoms with E-state index in [2.05, 4.69) is 30.6 Å². The number of benzene rings is 1. The van der Waals surface area contributed by atoms with E-state index >= 15 is 0 Å². The lowest BCUT2D eigenvalue weighted by Crippen LogP contribution is -2.38. The molecular formula is C22H22B3F2N7O2. The molecular weight excluding hydrogens is 465 g/mol. The number of H-pyrrole nitrogens is 1. The van der Waals surface area contributed by atoms with E-state index in [4.69, 9.17) is 33.0 Å². The quantitative estimate of drug-likeness (QED) is 0.369. The molecule has 3 aromatic heterocycles. The minimum absolute atomic E-state index is 0.0798. The van der Waals surface area contributed by atoms with Crippen LogP contribution in [0.5, 0.6) is 5.88 Å². The second kappa shape index (κ2) is 9.72. The van der Waals surface area contributed by atoms with Crippen LogP contribution in [0.4, 0.5) is 14.7 Å². The maximum atomic E-state index is 13.0. The molecule has 36 heavy (non-hydrogen) atoms. The van der Waals surface area contributed by atoms with Crippen molar-refractivity contribution in [3.63, 3.8) is 0 Å². The van der Waals surface area contributed by atoms with E-state index in [1.807, 2.05) is 0 Å². The molecule has 0 atom stereocenters. The molecule has 1 saturated carbocycles. The summed E-state index contributed by atoms with van der Waals surface area (Å²) in [4.78, 5) is 12.3. The zero-order valence-corrected chi connectivity index (χ0v) is 19.6. The highest BCUT2D eigenvalue weighted by atomic mass is 19.3. The summed E-state index contributed by atoms with van der Waals surface area (Å²) in [5.74, 6) is 0.418. The Morgan fingerprint density at radius 2 is 1.97 bits per heavy atom. The number of anilines is 1. The molecule has 0 aliphatic heterocycles. The smallest absolute Gasteiger partial charge is 0.258 e. The predicted molar refractivity (Wildman–Crippen MR) is 134 cm³/mol. The van der Waals surface area contributed by atoms with Gasteiger partial charge in [0.2, 0.25) is 11.8 Å². The fourth-order valence-electron chi connectivity index (χ4n) is 4.56.